The minimum atomic E-state index is -1.83. The van der Waals surface area contributed by atoms with Gasteiger partial charge in [-0.3, -0.25) is 19.1 Å². The van der Waals surface area contributed by atoms with Crippen LogP contribution in [0.1, 0.15) is 21.5 Å². The number of carbonyl (C=O) groups is 1. The molecule has 2 aromatic heterocycles. The number of hydrogen-bond acceptors (Lipinski definition) is 7. The lowest BCUT2D eigenvalue weighted by Crippen LogP contribution is -2.33. The van der Waals surface area contributed by atoms with Gasteiger partial charge in [0.1, 0.15) is 17.1 Å². The molecular formula is C18H19BN4O5. The Labute approximate surface area is 160 Å². The largest absolute Gasteiger partial charge is 0.496 e. The van der Waals surface area contributed by atoms with Crippen LogP contribution in [0.2, 0.25) is 0 Å². The van der Waals surface area contributed by atoms with Crippen molar-refractivity contribution in [2.75, 3.05) is 12.8 Å². The van der Waals surface area contributed by atoms with Gasteiger partial charge in [-0.25, -0.2) is 0 Å². The zero-order valence-electron chi connectivity index (χ0n) is 15.6. The Morgan fingerprint density at radius 3 is 2.54 bits per heavy atom. The number of nitrogens with zero attached hydrogens (tertiary/aromatic N) is 2. The molecule has 1 amide bonds. The van der Waals surface area contributed by atoms with Gasteiger partial charge in [-0.15, -0.1) is 0 Å². The molecule has 10 heteroatoms. The van der Waals surface area contributed by atoms with Crippen LogP contribution in [0.5, 0.6) is 5.75 Å². The maximum atomic E-state index is 13.3. The summed E-state index contributed by atoms with van der Waals surface area (Å²) in [5.41, 5.74) is 12.8. The summed E-state index contributed by atoms with van der Waals surface area (Å²) in [6.07, 6.45) is 1.14. The minimum absolute atomic E-state index is 0.00423. The summed E-state index contributed by atoms with van der Waals surface area (Å²) in [6, 6.07) is 4.77. The van der Waals surface area contributed by atoms with Crippen molar-refractivity contribution in [3.8, 4) is 11.4 Å². The number of carbonyl (C=O) groups excluding carboxylic acids is 1. The number of aryl methyl sites for hydroxylation is 1. The molecule has 28 heavy (non-hydrogen) atoms. The number of pyridine rings is 2. The monoisotopic (exact) mass is 382 g/mol. The Morgan fingerprint density at radius 2 is 1.96 bits per heavy atom. The van der Waals surface area contributed by atoms with Crippen molar-refractivity contribution in [1.29, 1.82) is 0 Å². The average molecular weight is 382 g/mol. The Kier molecular flexibility index (Phi) is 4.84. The highest BCUT2D eigenvalue weighted by molar-refractivity contribution is 6.58. The fourth-order valence-electron chi connectivity index (χ4n) is 3.29. The lowest BCUT2D eigenvalue weighted by atomic mass is 9.81. The predicted molar refractivity (Wildman–Crippen MR) is 106 cm³/mol. The van der Waals surface area contributed by atoms with Crippen LogP contribution in [-0.4, -0.2) is 39.7 Å². The van der Waals surface area contributed by atoms with Gasteiger partial charge in [0.15, 0.2) is 0 Å². The second-order valence-corrected chi connectivity index (χ2v) is 6.36. The zero-order chi connectivity index (χ0) is 20.7. The fourth-order valence-corrected chi connectivity index (χ4v) is 3.29. The summed E-state index contributed by atoms with van der Waals surface area (Å²) in [4.78, 5) is 29.4. The van der Waals surface area contributed by atoms with Crippen LogP contribution in [0.3, 0.4) is 0 Å². The number of anilines is 1. The highest BCUT2D eigenvalue weighted by atomic mass is 16.5. The summed E-state index contributed by atoms with van der Waals surface area (Å²) in [7, 11) is -0.332. The molecule has 0 bridgehead atoms. The van der Waals surface area contributed by atoms with Crippen molar-refractivity contribution in [2.24, 2.45) is 5.73 Å². The first-order valence-electron chi connectivity index (χ1n) is 8.33. The number of nitrogens with two attached hydrogens (primary N) is 2. The predicted octanol–water partition coefficient (Wildman–Crippen LogP) is -0.628. The lowest BCUT2D eigenvalue weighted by molar-refractivity contribution is 0.100. The van der Waals surface area contributed by atoms with Gasteiger partial charge in [0.2, 0.25) is 0 Å². The molecule has 0 unspecified atom stereocenters. The number of benzene rings is 1. The summed E-state index contributed by atoms with van der Waals surface area (Å²) in [6.45, 7) is 3.54. The van der Waals surface area contributed by atoms with Crippen LogP contribution in [0.25, 0.3) is 16.6 Å². The summed E-state index contributed by atoms with van der Waals surface area (Å²) in [5, 5.41) is 18.8. The highest BCUT2D eigenvalue weighted by Gasteiger charge is 2.24. The Morgan fingerprint density at radius 1 is 1.29 bits per heavy atom. The quantitative estimate of drug-likeness (QED) is 0.438. The van der Waals surface area contributed by atoms with Crippen LogP contribution < -0.4 is 27.2 Å². The number of ether oxygens (including phenoxy) is 1. The van der Waals surface area contributed by atoms with Gasteiger partial charge in [-0.05, 0) is 31.5 Å². The van der Waals surface area contributed by atoms with E-state index in [1.807, 2.05) is 0 Å². The van der Waals surface area contributed by atoms with E-state index in [1.54, 1.807) is 26.0 Å². The van der Waals surface area contributed by atoms with Crippen LogP contribution in [0.15, 0.2) is 29.2 Å². The molecule has 144 valence electrons. The third-order valence-electron chi connectivity index (χ3n) is 4.65. The maximum absolute atomic E-state index is 13.3. The Hall–Kier alpha value is -3.37. The van der Waals surface area contributed by atoms with Crippen molar-refractivity contribution in [3.63, 3.8) is 0 Å². The third kappa shape index (κ3) is 2.88. The second-order valence-electron chi connectivity index (χ2n) is 6.36. The number of aromatic nitrogens is 2. The minimum Gasteiger partial charge on any atom is -0.496 e. The average Bonchev–Trinajstić information content (AvgIpc) is 2.63. The second kappa shape index (κ2) is 6.99. The molecule has 3 rings (SSSR count). The van der Waals surface area contributed by atoms with Gasteiger partial charge in [-0.2, -0.15) is 0 Å². The number of methoxy groups -OCH3 is 1. The van der Waals surface area contributed by atoms with E-state index in [9.17, 15) is 19.6 Å². The molecule has 2 heterocycles. The summed E-state index contributed by atoms with van der Waals surface area (Å²) < 4.78 is 6.50. The fraction of sp³-hybridized carbons (Fsp3) is 0.167. The van der Waals surface area contributed by atoms with Gasteiger partial charge in [0, 0.05) is 17.2 Å². The molecule has 0 aliphatic heterocycles. The number of nitrogen functional groups attached to an aromatic ring is 1. The maximum Gasteiger partial charge on any atom is 0.490 e. The molecule has 0 fully saturated rings. The number of rotatable bonds is 4. The summed E-state index contributed by atoms with van der Waals surface area (Å²) >= 11 is 0. The van der Waals surface area contributed by atoms with Crippen LogP contribution in [0, 0.1) is 13.8 Å². The van der Waals surface area contributed by atoms with Crippen LogP contribution in [-0.2, 0) is 0 Å². The Bertz CT molecular complexity index is 1170. The number of amides is 1. The van der Waals surface area contributed by atoms with Gasteiger partial charge < -0.3 is 26.3 Å². The van der Waals surface area contributed by atoms with E-state index in [1.165, 1.54) is 17.7 Å². The van der Waals surface area contributed by atoms with Crippen LogP contribution in [0.4, 0.5) is 5.82 Å². The molecule has 0 saturated carbocycles. The van der Waals surface area contributed by atoms with Gasteiger partial charge in [0.05, 0.1) is 23.7 Å². The third-order valence-corrected chi connectivity index (χ3v) is 4.65. The van der Waals surface area contributed by atoms with E-state index >= 15 is 0 Å². The first-order valence-corrected chi connectivity index (χ1v) is 8.33. The first-order chi connectivity index (χ1) is 13.2. The molecule has 6 N–H and O–H groups in total. The van der Waals surface area contributed by atoms with Crippen molar-refractivity contribution < 1.29 is 19.6 Å². The number of hydrogen-bond donors (Lipinski definition) is 4. The first kappa shape index (κ1) is 19.4. The normalized spacial score (nSPS) is 10.9. The van der Waals surface area contributed by atoms with Crippen LogP contribution >= 0.6 is 0 Å². The molecule has 0 aliphatic carbocycles. The van der Waals surface area contributed by atoms with Crippen molar-refractivity contribution in [1.82, 2.24) is 9.55 Å². The molecule has 9 nitrogen and oxygen atoms in total. The molecule has 1 aromatic carbocycles. The zero-order valence-corrected chi connectivity index (χ0v) is 15.6. The van der Waals surface area contributed by atoms with E-state index in [0.717, 1.165) is 6.20 Å². The summed E-state index contributed by atoms with van der Waals surface area (Å²) in [5.74, 6) is -0.487. The highest BCUT2D eigenvalue weighted by Crippen LogP contribution is 2.30. The molecule has 3 aromatic rings. The van der Waals surface area contributed by atoms with Gasteiger partial charge in [0.25, 0.3) is 11.5 Å². The van der Waals surface area contributed by atoms with Crippen molar-refractivity contribution in [3.05, 3.63) is 51.4 Å². The van der Waals surface area contributed by atoms with E-state index in [-0.39, 0.29) is 27.7 Å². The molecular weight excluding hydrogens is 363 g/mol. The standard InChI is InChI=1S/C18H19BN4O5/c1-8-4-5-12(28-3)9(2)15(8)23-16(20)13(17(21)24)14-11(18(23)25)6-10(7-22-14)19(26)27/h4-7,26-27H,20H2,1-3H3,(H2,21,24). The lowest BCUT2D eigenvalue weighted by Gasteiger charge is -2.20. The molecule has 0 radical (unpaired) electrons. The SMILES string of the molecule is COc1ccc(C)c(-n2c(N)c(C(N)=O)c3ncc(B(O)O)cc3c2=O)c1C. The smallest absolute Gasteiger partial charge is 0.490 e. The van der Waals surface area contributed by atoms with E-state index < -0.39 is 18.6 Å². The molecule has 0 atom stereocenters. The van der Waals surface area contributed by atoms with Crippen molar-refractivity contribution >= 4 is 35.2 Å². The van der Waals surface area contributed by atoms with E-state index in [4.69, 9.17) is 16.2 Å². The topological polar surface area (TPSA) is 154 Å². The number of primary amides is 1. The molecule has 0 spiro atoms. The Balaban J connectivity index is 2.55. The van der Waals surface area contributed by atoms with E-state index in [2.05, 4.69) is 4.98 Å². The number of fused-ring (bicyclic) bond motifs is 1. The van der Waals surface area contributed by atoms with Gasteiger partial charge >= 0.3 is 7.12 Å². The van der Waals surface area contributed by atoms with Gasteiger partial charge in [-0.1, -0.05) is 6.07 Å². The van der Waals surface area contributed by atoms with Crippen molar-refractivity contribution in [2.45, 2.75) is 13.8 Å². The van der Waals surface area contributed by atoms with E-state index in [0.29, 0.717) is 22.6 Å². The molecule has 0 aliphatic rings. The molecule has 0 saturated heterocycles.